The lowest BCUT2D eigenvalue weighted by Gasteiger charge is -2.18. The minimum absolute atomic E-state index is 0.100. The van der Waals surface area contributed by atoms with Gasteiger partial charge in [-0.3, -0.25) is 9.59 Å². The van der Waals surface area contributed by atoms with Gasteiger partial charge in [0.2, 0.25) is 11.8 Å². The van der Waals surface area contributed by atoms with Gasteiger partial charge in [0.05, 0.1) is 0 Å². The molecular formula is C21H29N3O2. The zero-order valence-electron chi connectivity index (χ0n) is 15.5. The highest BCUT2D eigenvalue weighted by Gasteiger charge is 2.21. The number of carbonyl (C=O) groups is 2. The molecule has 0 aliphatic heterocycles. The van der Waals surface area contributed by atoms with Gasteiger partial charge in [-0.05, 0) is 30.4 Å². The zero-order chi connectivity index (χ0) is 18.4. The molecule has 0 spiro atoms. The minimum atomic E-state index is -0.543. The first-order valence-corrected chi connectivity index (χ1v) is 9.73. The maximum absolute atomic E-state index is 12.6. The third-order valence-corrected chi connectivity index (χ3v) is 5.36. The Kier molecular flexibility index (Phi) is 6.31. The van der Waals surface area contributed by atoms with E-state index in [9.17, 15) is 9.59 Å². The lowest BCUT2D eigenvalue weighted by atomic mass is 10.0. The predicted octanol–water partition coefficient (Wildman–Crippen LogP) is 3.30. The van der Waals surface area contributed by atoms with Crippen molar-refractivity contribution in [3.8, 4) is 0 Å². The molecule has 140 valence electrons. The quantitative estimate of drug-likeness (QED) is 0.636. The number of aromatic nitrogens is 1. The van der Waals surface area contributed by atoms with Crippen molar-refractivity contribution in [1.29, 1.82) is 0 Å². The summed E-state index contributed by atoms with van der Waals surface area (Å²) in [6.07, 6.45) is 9.99. The van der Waals surface area contributed by atoms with Gasteiger partial charge in [0.15, 0.2) is 0 Å². The van der Waals surface area contributed by atoms with Gasteiger partial charge in [-0.25, -0.2) is 0 Å². The first kappa shape index (κ1) is 18.5. The van der Waals surface area contributed by atoms with Gasteiger partial charge in [-0.1, -0.05) is 43.9 Å². The van der Waals surface area contributed by atoms with Crippen LogP contribution in [0.15, 0.2) is 30.5 Å². The molecule has 2 aromatic rings. The fraction of sp³-hybridized carbons (Fsp3) is 0.524. The highest BCUT2D eigenvalue weighted by molar-refractivity contribution is 5.89. The van der Waals surface area contributed by atoms with Crippen molar-refractivity contribution >= 4 is 22.7 Å². The van der Waals surface area contributed by atoms with E-state index < -0.39 is 6.04 Å². The first-order valence-electron chi connectivity index (χ1n) is 9.73. The van der Waals surface area contributed by atoms with Crippen LogP contribution in [0.2, 0.25) is 0 Å². The van der Waals surface area contributed by atoms with E-state index in [-0.39, 0.29) is 11.8 Å². The number of carbonyl (C=O) groups excluding carboxylic acids is 2. The molecule has 3 N–H and O–H groups in total. The summed E-state index contributed by atoms with van der Waals surface area (Å²) in [6, 6.07) is 7.46. The number of benzene rings is 1. The van der Waals surface area contributed by atoms with Crippen LogP contribution < -0.4 is 10.6 Å². The number of nitrogens with one attached hydrogen (secondary N) is 3. The Morgan fingerprint density at radius 1 is 1.23 bits per heavy atom. The fourth-order valence-corrected chi connectivity index (χ4v) is 4.00. The van der Waals surface area contributed by atoms with E-state index in [1.165, 1.54) is 39.0 Å². The van der Waals surface area contributed by atoms with E-state index >= 15 is 0 Å². The van der Waals surface area contributed by atoms with Gasteiger partial charge >= 0.3 is 0 Å². The first-order chi connectivity index (χ1) is 12.6. The third-order valence-electron chi connectivity index (χ3n) is 5.36. The van der Waals surface area contributed by atoms with Gasteiger partial charge in [0, 0.05) is 37.0 Å². The molecule has 1 atom stereocenters. The summed E-state index contributed by atoms with van der Waals surface area (Å²) >= 11 is 0. The summed E-state index contributed by atoms with van der Waals surface area (Å²) in [5, 5.41) is 6.90. The highest BCUT2D eigenvalue weighted by atomic mass is 16.2. The summed E-state index contributed by atoms with van der Waals surface area (Å²) in [6.45, 7) is 2.13. The molecule has 1 aliphatic carbocycles. The molecule has 3 rings (SSSR count). The molecule has 26 heavy (non-hydrogen) atoms. The molecular weight excluding hydrogens is 326 g/mol. The molecule has 1 heterocycles. The Balaban J connectivity index is 1.56. The summed E-state index contributed by atoms with van der Waals surface area (Å²) < 4.78 is 0. The van der Waals surface area contributed by atoms with Gasteiger partial charge in [0.25, 0.3) is 0 Å². The Labute approximate surface area is 154 Å². The number of hydrogen-bond donors (Lipinski definition) is 3. The molecule has 5 heteroatoms. The largest absolute Gasteiger partial charge is 0.361 e. The molecule has 1 aliphatic rings. The van der Waals surface area contributed by atoms with E-state index in [0.717, 1.165) is 28.8 Å². The smallest absolute Gasteiger partial charge is 0.242 e. The van der Waals surface area contributed by atoms with Crippen LogP contribution in [-0.4, -0.2) is 29.4 Å². The normalized spacial score (nSPS) is 15.9. The Bertz CT molecular complexity index is 747. The van der Waals surface area contributed by atoms with Crippen LogP contribution in [0.25, 0.3) is 10.9 Å². The maximum Gasteiger partial charge on any atom is 0.242 e. The standard InChI is InChI=1S/C21H29N3O2/c1-15(25)24-20(13-17-14-23-19-11-5-4-10-18(17)19)21(26)22-12-6-9-16-7-2-3-8-16/h4-5,10-11,14,16,20,23H,2-3,6-9,12-13H2,1H3,(H,22,26)(H,24,25). The summed E-state index contributed by atoms with van der Waals surface area (Å²) in [4.78, 5) is 27.4. The van der Waals surface area contributed by atoms with E-state index in [2.05, 4.69) is 15.6 Å². The number of rotatable bonds is 8. The topological polar surface area (TPSA) is 74.0 Å². The molecule has 0 radical (unpaired) electrons. The third kappa shape index (κ3) is 4.87. The number of aromatic amines is 1. The van der Waals surface area contributed by atoms with E-state index in [4.69, 9.17) is 0 Å². The molecule has 2 amide bonds. The van der Waals surface area contributed by atoms with Crippen LogP contribution >= 0.6 is 0 Å². The van der Waals surface area contributed by atoms with Crippen LogP contribution in [0, 0.1) is 5.92 Å². The number of hydrogen-bond acceptors (Lipinski definition) is 2. The fourth-order valence-electron chi connectivity index (χ4n) is 4.00. The van der Waals surface area contributed by atoms with Gasteiger partial charge in [0.1, 0.15) is 6.04 Å². The molecule has 5 nitrogen and oxygen atoms in total. The summed E-state index contributed by atoms with van der Waals surface area (Å²) in [7, 11) is 0. The van der Waals surface area contributed by atoms with E-state index in [1.54, 1.807) is 0 Å². The molecule has 0 saturated heterocycles. The van der Waals surface area contributed by atoms with Crippen LogP contribution in [-0.2, 0) is 16.0 Å². The monoisotopic (exact) mass is 355 g/mol. The molecule has 1 fully saturated rings. The van der Waals surface area contributed by atoms with Crippen molar-refractivity contribution in [3.63, 3.8) is 0 Å². The number of amides is 2. The second-order valence-corrected chi connectivity index (χ2v) is 7.40. The highest BCUT2D eigenvalue weighted by Crippen LogP contribution is 2.28. The zero-order valence-corrected chi connectivity index (χ0v) is 15.5. The van der Waals surface area contributed by atoms with Gasteiger partial charge in [-0.15, -0.1) is 0 Å². The van der Waals surface area contributed by atoms with Crippen molar-refractivity contribution in [2.75, 3.05) is 6.54 Å². The van der Waals surface area contributed by atoms with E-state index in [1.807, 2.05) is 30.5 Å². The van der Waals surface area contributed by atoms with Crippen LogP contribution in [0.3, 0.4) is 0 Å². The second kappa shape index (κ2) is 8.88. The number of H-pyrrole nitrogens is 1. The molecule has 1 saturated carbocycles. The van der Waals surface area contributed by atoms with Crippen LogP contribution in [0.4, 0.5) is 0 Å². The lowest BCUT2D eigenvalue weighted by molar-refractivity contribution is -0.128. The summed E-state index contributed by atoms with van der Waals surface area (Å²) in [5.41, 5.74) is 2.08. The predicted molar refractivity (Wildman–Crippen MR) is 104 cm³/mol. The average molecular weight is 355 g/mol. The van der Waals surface area contributed by atoms with Crippen molar-refractivity contribution in [1.82, 2.24) is 15.6 Å². The molecule has 1 aromatic heterocycles. The Morgan fingerprint density at radius 3 is 2.77 bits per heavy atom. The van der Waals surface area contributed by atoms with Crippen LogP contribution in [0.5, 0.6) is 0 Å². The number of para-hydroxylation sites is 1. The van der Waals surface area contributed by atoms with Crippen molar-refractivity contribution in [3.05, 3.63) is 36.0 Å². The average Bonchev–Trinajstić information content (AvgIpc) is 3.28. The minimum Gasteiger partial charge on any atom is -0.361 e. The Morgan fingerprint density at radius 2 is 2.00 bits per heavy atom. The summed E-state index contributed by atoms with van der Waals surface area (Å²) in [5.74, 6) is 0.553. The van der Waals surface area contributed by atoms with Crippen molar-refractivity contribution in [2.24, 2.45) is 5.92 Å². The van der Waals surface area contributed by atoms with Gasteiger partial charge in [-0.2, -0.15) is 0 Å². The van der Waals surface area contributed by atoms with Crippen molar-refractivity contribution < 1.29 is 9.59 Å². The molecule has 1 aromatic carbocycles. The van der Waals surface area contributed by atoms with E-state index in [0.29, 0.717) is 13.0 Å². The van der Waals surface area contributed by atoms with Gasteiger partial charge < -0.3 is 15.6 Å². The number of fused-ring (bicyclic) bond motifs is 1. The Hall–Kier alpha value is -2.30. The second-order valence-electron chi connectivity index (χ2n) is 7.40. The SMILES string of the molecule is CC(=O)NC(Cc1c[nH]c2ccccc12)C(=O)NCCCC1CCCC1. The molecule has 0 bridgehead atoms. The van der Waals surface area contributed by atoms with Crippen molar-refractivity contribution in [2.45, 2.75) is 57.9 Å². The lowest BCUT2D eigenvalue weighted by Crippen LogP contribution is -2.47. The van der Waals surface area contributed by atoms with Crippen LogP contribution in [0.1, 0.15) is 51.0 Å². The maximum atomic E-state index is 12.6. The molecule has 1 unspecified atom stereocenters.